The SMILES string of the molecule is CN=C(NCCC(=O)Nc1ccc(C)cn1)NCc1c(C)nn(C)c1C.I. The average molecular weight is 485 g/mol. The molecule has 2 heterocycles. The third-order valence-electron chi connectivity index (χ3n) is 4.14. The standard InChI is InChI=1S/C18H27N7O.HI/c1-12-6-7-16(21-10-12)23-17(26)8-9-20-18(19-4)22-11-15-13(2)24-25(5)14(15)3;/h6-7,10H,8-9,11H2,1-5H3,(H2,19,20,22)(H,21,23,26);1H. The molecule has 0 fully saturated rings. The monoisotopic (exact) mass is 485 g/mol. The molecule has 9 heteroatoms. The van der Waals surface area contributed by atoms with Gasteiger partial charge in [-0.2, -0.15) is 5.10 Å². The van der Waals surface area contributed by atoms with Crippen molar-refractivity contribution in [2.75, 3.05) is 18.9 Å². The Bertz CT molecular complexity index is 784. The van der Waals surface area contributed by atoms with E-state index < -0.39 is 0 Å². The first-order valence-electron chi connectivity index (χ1n) is 8.56. The van der Waals surface area contributed by atoms with Crippen LogP contribution >= 0.6 is 24.0 Å². The van der Waals surface area contributed by atoms with Gasteiger partial charge in [-0.25, -0.2) is 4.98 Å². The highest BCUT2D eigenvalue weighted by Gasteiger charge is 2.10. The first-order valence-corrected chi connectivity index (χ1v) is 8.56. The van der Waals surface area contributed by atoms with E-state index >= 15 is 0 Å². The van der Waals surface area contributed by atoms with Crippen LogP contribution in [0.25, 0.3) is 0 Å². The lowest BCUT2D eigenvalue weighted by Gasteiger charge is -2.12. The van der Waals surface area contributed by atoms with E-state index in [1.165, 1.54) is 0 Å². The van der Waals surface area contributed by atoms with E-state index in [0.29, 0.717) is 31.3 Å². The second-order valence-corrected chi connectivity index (χ2v) is 6.14. The van der Waals surface area contributed by atoms with Gasteiger partial charge in [0.25, 0.3) is 0 Å². The van der Waals surface area contributed by atoms with Crippen molar-refractivity contribution in [2.45, 2.75) is 33.7 Å². The summed E-state index contributed by atoms with van der Waals surface area (Å²) in [5.41, 5.74) is 4.32. The summed E-state index contributed by atoms with van der Waals surface area (Å²) in [6.45, 7) is 7.09. The zero-order valence-electron chi connectivity index (χ0n) is 16.5. The van der Waals surface area contributed by atoms with Crippen LogP contribution in [-0.2, 0) is 18.4 Å². The number of hydrogen-bond acceptors (Lipinski definition) is 4. The highest BCUT2D eigenvalue weighted by molar-refractivity contribution is 14.0. The Morgan fingerprint density at radius 2 is 1.96 bits per heavy atom. The minimum Gasteiger partial charge on any atom is -0.356 e. The fourth-order valence-corrected chi connectivity index (χ4v) is 2.51. The zero-order valence-corrected chi connectivity index (χ0v) is 18.8. The van der Waals surface area contributed by atoms with Crippen LogP contribution in [0.15, 0.2) is 23.3 Å². The number of nitrogens with one attached hydrogen (secondary N) is 3. The maximum atomic E-state index is 12.0. The third kappa shape index (κ3) is 6.81. The molecule has 0 aromatic carbocycles. The molecule has 0 spiro atoms. The summed E-state index contributed by atoms with van der Waals surface area (Å²) >= 11 is 0. The fourth-order valence-electron chi connectivity index (χ4n) is 2.51. The highest BCUT2D eigenvalue weighted by Crippen LogP contribution is 2.11. The lowest BCUT2D eigenvalue weighted by molar-refractivity contribution is -0.116. The number of carbonyl (C=O) groups excluding carboxylic acids is 1. The van der Waals surface area contributed by atoms with Gasteiger partial charge >= 0.3 is 0 Å². The van der Waals surface area contributed by atoms with Crippen molar-refractivity contribution < 1.29 is 4.79 Å². The second-order valence-electron chi connectivity index (χ2n) is 6.14. The zero-order chi connectivity index (χ0) is 19.1. The minimum atomic E-state index is -0.0942. The predicted octanol–water partition coefficient (Wildman–Crippen LogP) is 2.05. The summed E-state index contributed by atoms with van der Waals surface area (Å²) in [7, 11) is 3.63. The molecular formula is C18H28IN7O. The lowest BCUT2D eigenvalue weighted by atomic mass is 10.2. The molecule has 0 aliphatic rings. The van der Waals surface area contributed by atoms with Crippen LogP contribution in [0.5, 0.6) is 0 Å². The van der Waals surface area contributed by atoms with Crippen LogP contribution in [0.4, 0.5) is 5.82 Å². The van der Waals surface area contributed by atoms with Crippen LogP contribution in [0.1, 0.15) is 28.9 Å². The Morgan fingerprint density at radius 3 is 2.52 bits per heavy atom. The number of nitrogens with zero attached hydrogens (tertiary/aromatic N) is 4. The van der Waals surface area contributed by atoms with E-state index in [2.05, 4.69) is 31.0 Å². The second kappa shape index (κ2) is 10.9. The van der Waals surface area contributed by atoms with E-state index in [9.17, 15) is 4.79 Å². The van der Waals surface area contributed by atoms with Crippen molar-refractivity contribution in [2.24, 2.45) is 12.0 Å². The van der Waals surface area contributed by atoms with Crippen molar-refractivity contribution in [3.05, 3.63) is 40.8 Å². The molecule has 3 N–H and O–H groups in total. The molecule has 0 radical (unpaired) electrons. The number of anilines is 1. The largest absolute Gasteiger partial charge is 0.356 e. The van der Waals surface area contributed by atoms with Crippen molar-refractivity contribution in [3.8, 4) is 0 Å². The molecule has 0 aliphatic carbocycles. The third-order valence-corrected chi connectivity index (χ3v) is 4.14. The van der Waals surface area contributed by atoms with Gasteiger partial charge < -0.3 is 16.0 Å². The Kier molecular flexibility index (Phi) is 9.19. The summed E-state index contributed by atoms with van der Waals surface area (Å²) in [5, 5.41) is 13.6. The van der Waals surface area contributed by atoms with E-state index in [4.69, 9.17) is 0 Å². The fraction of sp³-hybridized carbons (Fsp3) is 0.444. The number of amides is 1. The van der Waals surface area contributed by atoms with Crippen LogP contribution in [-0.4, -0.2) is 40.2 Å². The van der Waals surface area contributed by atoms with Crippen molar-refractivity contribution in [1.29, 1.82) is 0 Å². The highest BCUT2D eigenvalue weighted by atomic mass is 127. The quantitative estimate of drug-likeness (QED) is 0.331. The molecule has 2 aromatic rings. The average Bonchev–Trinajstić information content (AvgIpc) is 2.85. The first-order chi connectivity index (χ1) is 12.4. The Balaban J connectivity index is 0.00000364. The van der Waals surface area contributed by atoms with Gasteiger partial charge in [0.2, 0.25) is 5.91 Å². The molecule has 0 bridgehead atoms. The minimum absolute atomic E-state index is 0. The van der Waals surface area contributed by atoms with Crippen molar-refractivity contribution >= 4 is 41.7 Å². The van der Waals surface area contributed by atoms with Gasteiger partial charge in [-0.15, -0.1) is 24.0 Å². The van der Waals surface area contributed by atoms with Gasteiger partial charge in [0.15, 0.2) is 5.96 Å². The molecule has 0 atom stereocenters. The van der Waals surface area contributed by atoms with Gasteiger partial charge in [0, 0.05) is 51.1 Å². The Morgan fingerprint density at radius 1 is 1.22 bits per heavy atom. The predicted molar refractivity (Wildman–Crippen MR) is 119 cm³/mol. The van der Waals surface area contributed by atoms with Crippen LogP contribution in [0, 0.1) is 20.8 Å². The number of rotatable bonds is 6. The molecule has 0 saturated carbocycles. The molecule has 1 amide bonds. The number of aryl methyl sites for hydroxylation is 3. The number of guanidine groups is 1. The summed E-state index contributed by atoms with van der Waals surface area (Å²) in [6, 6.07) is 3.70. The van der Waals surface area contributed by atoms with Crippen LogP contribution in [0.2, 0.25) is 0 Å². The molecule has 0 saturated heterocycles. The van der Waals surface area contributed by atoms with E-state index in [1.807, 2.05) is 38.6 Å². The normalized spacial score (nSPS) is 10.9. The molecule has 2 rings (SSSR count). The van der Waals surface area contributed by atoms with E-state index in [1.54, 1.807) is 19.3 Å². The number of pyridine rings is 1. The molecule has 2 aromatic heterocycles. The van der Waals surface area contributed by atoms with Gasteiger partial charge in [-0.3, -0.25) is 14.5 Å². The Hall–Kier alpha value is -2.17. The van der Waals surface area contributed by atoms with Crippen LogP contribution in [0.3, 0.4) is 0 Å². The number of aliphatic imine (C=N–C) groups is 1. The molecule has 27 heavy (non-hydrogen) atoms. The maximum Gasteiger partial charge on any atom is 0.227 e. The maximum absolute atomic E-state index is 12.0. The van der Waals surface area contributed by atoms with Gasteiger partial charge in [-0.1, -0.05) is 6.07 Å². The summed E-state index contributed by atoms with van der Waals surface area (Å²) < 4.78 is 1.87. The Labute approximate surface area is 177 Å². The van der Waals surface area contributed by atoms with E-state index in [0.717, 1.165) is 22.5 Å². The van der Waals surface area contributed by atoms with Gasteiger partial charge in [-0.05, 0) is 32.4 Å². The first kappa shape index (κ1) is 22.9. The van der Waals surface area contributed by atoms with E-state index in [-0.39, 0.29) is 29.9 Å². The molecule has 0 unspecified atom stereocenters. The number of aromatic nitrogens is 3. The number of hydrogen-bond donors (Lipinski definition) is 3. The summed E-state index contributed by atoms with van der Waals surface area (Å²) in [4.78, 5) is 20.3. The number of carbonyl (C=O) groups is 1. The topological polar surface area (TPSA) is 96.2 Å². The van der Waals surface area contributed by atoms with Gasteiger partial charge in [0.05, 0.1) is 5.69 Å². The molecular weight excluding hydrogens is 457 g/mol. The summed E-state index contributed by atoms with van der Waals surface area (Å²) in [5.74, 6) is 1.11. The van der Waals surface area contributed by atoms with Crippen molar-refractivity contribution in [3.63, 3.8) is 0 Å². The summed E-state index contributed by atoms with van der Waals surface area (Å²) in [6.07, 6.45) is 2.04. The lowest BCUT2D eigenvalue weighted by Crippen LogP contribution is -2.38. The molecule has 8 nitrogen and oxygen atoms in total. The van der Waals surface area contributed by atoms with Crippen LogP contribution < -0.4 is 16.0 Å². The molecule has 148 valence electrons. The smallest absolute Gasteiger partial charge is 0.227 e. The molecule has 0 aliphatic heterocycles. The van der Waals surface area contributed by atoms with Gasteiger partial charge in [0.1, 0.15) is 5.82 Å². The number of halogens is 1. The van der Waals surface area contributed by atoms with Crippen molar-refractivity contribution in [1.82, 2.24) is 25.4 Å².